The van der Waals surface area contributed by atoms with Gasteiger partial charge in [-0.25, -0.2) is 0 Å². The number of para-hydroxylation sites is 2. The Bertz CT molecular complexity index is 1450. The van der Waals surface area contributed by atoms with Crippen LogP contribution >= 0.6 is 11.3 Å². The van der Waals surface area contributed by atoms with E-state index in [9.17, 15) is 4.79 Å². The zero-order chi connectivity index (χ0) is 24.9. The second-order valence-electron chi connectivity index (χ2n) is 8.62. The summed E-state index contributed by atoms with van der Waals surface area (Å²) in [5.41, 5.74) is 0.613. The van der Waals surface area contributed by atoms with Crippen LogP contribution in [0, 0.1) is 0 Å². The molecule has 8 nitrogen and oxygen atoms in total. The van der Waals surface area contributed by atoms with Crippen LogP contribution in [0.15, 0.2) is 47.3 Å². The van der Waals surface area contributed by atoms with Gasteiger partial charge in [0.2, 0.25) is 4.96 Å². The Hall–Kier alpha value is -3.59. The first-order valence-corrected chi connectivity index (χ1v) is 13.1. The molecule has 4 aromatic rings. The van der Waals surface area contributed by atoms with Crippen molar-refractivity contribution in [2.24, 2.45) is 0 Å². The van der Waals surface area contributed by atoms with Crippen molar-refractivity contribution in [1.29, 1.82) is 0 Å². The second-order valence-corrected chi connectivity index (χ2v) is 9.63. The van der Waals surface area contributed by atoms with Crippen molar-refractivity contribution in [3.63, 3.8) is 0 Å². The second kappa shape index (κ2) is 11.0. The van der Waals surface area contributed by atoms with Crippen LogP contribution in [0.25, 0.3) is 11.0 Å². The van der Waals surface area contributed by atoms with Crippen molar-refractivity contribution < 1.29 is 18.9 Å². The molecule has 1 atom stereocenters. The standard InChI is InChI=1S/C27H29N3O5S/c1-3-4-5-6-9-14-33-20-13-12-18(15-22(20)32-2)16-24-26(31)30-27(36-24)28-25(29-30)23-17-34-19-10-7-8-11-21(19)35-23/h7-8,10-13,15-16,23H,3-6,9,14,17H2,1-2H3/b24-16-/t23-/m1/s1. The molecule has 0 unspecified atom stereocenters. The topological polar surface area (TPSA) is 84.2 Å². The lowest BCUT2D eigenvalue weighted by Gasteiger charge is -2.24. The largest absolute Gasteiger partial charge is 0.493 e. The van der Waals surface area contributed by atoms with Crippen molar-refractivity contribution in [3.05, 3.63) is 68.7 Å². The van der Waals surface area contributed by atoms with Gasteiger partial charge in [0.25, 0.3) is 5.56 Å². The van der Waals surface area contributed by atoms with E-state index in [0.29, 0.717) is 44.9 Å². The number of unbranched alkanes of at least 4 members (excludes halogenated alkanes) is 4. The summed E-state index contributed by atoms with van der Waals surface area (Å²) in [6.45, 7) is 3.15. The molecule has 0 bridgehead atoms. The minimum Gasteiger partial charge on any atom is -0.493 e. The van der Waals surface area contributed by atoms with Crippen molar-refractivity contribution in [2.45, 2.75) is 45.1 Å². The predicted molar refractivity (Wildman–Crippen MR) is 138 cm³/mol. The van der Waals surface area contributed by atoms with Crippen LogP contribution in [0.2, 0.25) is 0 Å². The number of methoxy groups -OCH3 is 1. The maximum atomic E-state index is 13.0. The number of fused-ring (bicyclic) bond motifs is 2. The molecule has 0 radical (unpaired) electrons. The van der Waals surface area contributed by atoms with E-state index < -0.39 is 6.10 Å². The molecule has 9 heteroatoms. The molecule has 0 fully saturated rings. The minimum atomic E-state index is -0.470. The highest BCUT2D eigenvalue weighted by molar-refractivity contribution is 7.15. The molecule has 0 saturated heterocycles. The first-order chi connectivity index (χ1) is 17.7. The van der Waals surface area contributed by atoms with Gasteiger partial charge in [-0.2, -0.15) is 9.50 Å². The van der Waals surface area contributed by atoms with Crippen molar-refractivity contribution in [1.82, 2.24) is 14.6 Å². The summed E-state index contributed by atoms with van der Waals surface area (Å²) in [4.78, 5) is 18.1. The summed E-state index contributed by atoms with van der Waals surface area (Å²) >= 11 is 1.28. The molecule has 0 N–H and O–H groups in total. The van der Waals surface area contributed by atoms with Gasteiger partial charge < -0.3 is 18.9 Å². The van der Waals surface area contributed by atoms with E-state index >= 15 is 0 Å². The van der Waals surface area contributed by atoms with Gasteiger partial charge in [-0.15, -0.1) is 5.10 Å². The first-order valence-electron chi connectivity index (χ1n) is 12.3. The first kappa shape index (κ1) is 24.1. The molecule has 2 aromatic carbocycles. The summed E-state index contributed by atoms with van der Waals surface area (Å²) in [7, 11) is 1.62. The van der Waals surface area contributed by atoms with E-state index in [1.807, 2.05) is 48.5 Å². The van der Waals surface area contributed by atoms with Crippen molar-refractivity contribution >= 4 is 22.4 Å². The fraction of sp³-hybridized carbons (Fsp3) is 0.370. The summed E-state index contributed by atoms with van der Waals surface area (Å²) in [5, 5.41) is 4.41. The average molecular weight is 508 g/mol. The Kier molecular flexibility index (Phi) is 7.36. The van der Waals surface area contributed by atoms with Crippen LogP contribution < -0.4 is 29.0 Å². The van der Waals surface area contributed by atoms with Gasteiger partial charge in [0.15, 0.2) is 34.9 Å². The molecular weight excluding hydrogens is 478 g/mol. The SMILES string of the molecule is CCCCCCCOc1ccc(/C=c2\sc3nc([C@H]4COc5ccccc5O4)nn3c2=O)cc1OC. The third kappa shape index (κ3) is 5.16. The number of nitrogens with zero attached hydrogens (tertiary/aromatic N) is 3. The molecule has 1 aliphatic heterocycles. The molecule has 0 amide bonds. The van der Waals surface area contributed by atoms with Crippen LogP contribution in [-0.4, -0.2) is 34.9 Å². The lowest BCUT2D eigenvalue weighted by Crippen LogP contribution is -2.26. The lowest BCUT2D eigenvalue weighted by atomic mass is 10.1. The fourth-order valence-electron chi connectivity index (χ4n) is 4.06. The maximum absolute atomic E-state index is 13.0. The minimum absolute atomic E-state index is 0.225. The van der Waals surface area contributed by atoms with Gasteiger partial charge in [0.1, 0.15) is 6.61 Å². The van der Waals surface area contributed by atoms with Gasteiger partial charge in [-0.05, 0) is 42.3 Å². The highest BCUT2D eigenvalue weighted by Crippen LogP contribution is 2.35. The van der Waals surface area contributed by atoms with E-state index in [-0.39, 0.29) is 12.2 Å². The summed E-state index contributed by atoms with van der Waals surface area (Å²) in [6.07, 6.45) is 7.25. The Labute approximate surface area is 213 Å². The number of rotatable bonds is 10. The molecule has 0 saturated carbocycles. The third-order valence-corrected chi connectivity index (χ3v) is 6.94. The zero-order valence-corrected chi connectivity index (χ0v) is 21.3. The van der Waals surface area contributed by atoms with Crippen LogP contribution in [0.1, 0.15) is 56.5 Å². The van der Waals surface area contributed by atoms with E-state index in [0.717, 1.165) is 18.4 Å². The van der Waals surface area contributed by atoms with Gasteiger partial charge >= 0.3 is 0 Å². The van der Waals surface area contributed by atoms with Crippen LogP contribution in [0.3, 0.4) is 0 Å². The molecule has 1 aliphatic rings. The number of ether oxygens (including phenoxy) is 4. The monoisotopic (exact) mass is 507 g/mol. The van der Waals surface area contributed by atoms with E-state index in [4.69, 9.17) is 18.9 Å². The summed E-state index contributed by atoms with van der Waals surface area (Å²) < 4.78 is 25.0. The molecular formula is C27H29N3O5S. The average Bonchev–Trinajstić information content (AvgIpc) is 3.45. The Morgan fingerprint density at radius 2 is 1.94 bits per heavy atom. The fourth-order valence-corrected chi connectivity index (χ4v) is 4.98. The summed E-state index contributed by atoms with van der Waals surface area (Å²) in [5.74, 6) is 3.10. The molecule has 5 rings (SSSR count). The van der Waals surface area contributed by atoms with Crippen LogP contribution in [-0.2, 0) is 0 Å². The smallest absolute Gasteiger partial charge is 0.291 e. The van der Waals surface area contributed by atoms with Crippen LogP contribution in [0.5, 0.6) is 23.0 Å². The van der Waals surface area contributed by atoms with Gasteiger partial charge in [0, 0.05) is 0 Å². The van der Waals surface area contributed by atoms with Gasteiger partial charge in [-0.3, -0.25) is 4.79 Å². The maximum Gasteiger partial charge on any atom is 0.291 e. The Morgan fingerprint density at radius 3 is 2.75 bits per heavy atom. The normalized spacial score (nSPS) is 15.4. The van der Waals surface area contributed by atoms with Crippen molar-refractivity contribution in [3.8, 4) is 23.0 Å². The number of benzene rings is 2. The van der Waals surface area contributed by atoms with Gasteiger partial charge in [0.05, 0.1) is 18.2 Å². The van der Waals surface area contributed by atoms with Crippen molar-refractivity contribution in [2.75, 3.05) is 20.3 Å². The predicted octanol–water partition coefficient (Wildman–Crippen LogP) is 4.57. The number of hydrogen-bond acceptors (Lipinski definition) is 8. The van der Waals surface area contributed by atoms with Crippen LogP contribution in [0.4, 0.5) is 0 Å². The highest BCUT2D eigenvalue weighted by atomic mass is 32.1. The summed E-state index contributed by atoms with van der Waals surface area (Å²) in [6, 6.07) is 13.1. The van der Waals surface area contributed by atoms with E-state index in [1.54, 1.807) is 7.11 Å². The Morgan fingerprint density at radius 1 is 1.11 bits per heavy atom. The number of thiazole rings is 1. The zero-order valence-electron chi connectivity index (χ0n) is 20.4. The third-order valence-electron chi connectivity index (χ3n) is 5.99. The Balaban J connectivity index is 1.31. The van der Waals surface area contributed by atoms with Gasteiger partial charge in [-0.1, -0.05) is 62.1 Å². The molecule has 2 aromatic heterocycles. The molecule has 3 heterocycles. The quantitative estimate of drug-likeness (QED) is 0.291. The highest BCUT2D eigenvalue weighted by Gasteiger charge is 2.27. The van der Waals surface area contributed by atoms with E-state index in [2.05, 4.69) is 17.0 Å². The number of aromatic nitrogens is 3. The molecule has 188 valence electrons. The van der Waals surface area contributed by atoms with E-state index in [1.165, 1.54) is 35.1 Å². The number of hydrogen-bond donors (Lipinski definition) is 0. The molecule has 0 aliphatic carbocycles. The molecule has 0 spiro atoms. The lowest BCUT2D eigenvalue weighted by molar-refractivity contribution is 0.0852. The molecule has 36 heavy (non-hydrogen) atoms.